The Morgan fingerprint density at radius 3 is 2.74 bits per heavy atom. The lowest BCUT2D eigenvalue weighted by molar-refractivity contribution is 0.117. The van der Waals surface area contributed by atoms with E-state index in [1.54, 1.807) is 28.2 Å². The number of rotatable bonds is 4. The van der Waals surface area contributed by atoms with E-state index >= 15 is 0 Å². The van der Waals surface area contributed by atoms with Gasteiger partial charge in [-0.2, -0.15) is 0 Å². The molecule has 3 aliphatic rings. The fraction of sp³-hybridized carbons (Fsp3) is 0.286. The summed E-state index contributed by atoms with van der Waals surface area (Å²) in [6.45, 7) is 1.36. The summed E-state index contributed by atoms with van der Waals surface area (Å²) >= 11 is 0. The molecule has 2 amide bonds. The average molecular weight is 418 g/mol. The lowest BCUT2D eigenvalue weighted by Gasteiger charge is -2.16. The third-order valence-electron chi connectivity index (χ3n) is 5.94. The zero-order chi connectivity index (χ0) is 20.9. The third-order valence-corrected chi connectivity index (χ3v) is 5.94. The Labute approximate surface area is 177 Å². The van der Waals surface area contributed by atoms with Crippen LogP contribution in [-0.2, 0) is 22.4 Å². The van der Waals surface area contributed by atoms with E-state index in [9.17, 15) is 9.59 Å². The number of hydrogen-bond donors (Lipinski definition) is 0. The van der Waals surface area contributed by atoms with Crippen molar-refractivity contribution in [2.24, 2.45) is 0 Å². The Morgan fingerprint density at radius 1 is 1.10 bits per heavy atom. The van der Waals surface area contributed by atoms with Crippen LogP contribution in [0.25, 0.3) is 11.1 Å². The first-order valence-electron chi connectivity index (χ1n) is 10.0. The first kappa shape index (κ1) is 17.9. The molecule has 10 heteroatoms. The molecule has 3 aromatic rings. The van der Waals surface area contributed by atoms with E-state index in [0.29, 0.717) is 31.9 Å². The molecule has 5 heterocycles. The monoisotopic (exact) mass is 418 g/mol. The fourth-order valence-electron chi connectivity index (χ4n) is 4.45. The van der Waals surface area contributed by atoms with Crippen molar-refractivity contribution in [2.45, 2.75) is 25.1 Å². The molecule has 10 nitrogen and oxygen atoms in total. The minimum Gasteiger partial charge on any atom is -0.447 e. The Kier molecular flexibility index (Phi) is 3.92. The number of nitrogens with zero attached hydrogens (tertiary/aromatic N) is 6. The number of anilines is 2. The summed E-state index contributed by atoms with van der Waals surface area (Å²) < 4.78 is 12.2. The average Bonchev–Trinajstić information content (AvgIpc) is 3.55. The van der Waals surface area contributed by atoms with Crippen LogP contribution in [0, 0.1) is 0 Å². The molecule has 0 radical (unpaired) electrons. The zero-order valence-electron chi connectivity index (χ0n) is 16.4. The molecule has 1 aromatic carbocycles. The second kappa shape index (κ2) is 6.79. The summed E-state index contributed by atoms with van der Waals surface area (Å²) in [6.07, 6.45) is 4.84. The van der Waals surface area contributed by atoms with E-state index in [2.05, 4.69) is 21.4 Å². The van der Waals surface area contributed by atoms with E-state index in [4.69, 9.17) is 9.47 Å². The molecule has 0 saturated carbocycles. The van der Waals surface area contributed by atoms with Crippen molar-refractivity contribution in [3.05, 3.63) is 54.5 Å². The van der Waals surface area contributed by atoms with E-state index in [1.165, 1.54) is 4.90 Å². The molecule has 0 bridgehead atoms. The minimum absolute atomic E-state index is 0.0661. The summed E-state index contributed by atoms with van der Waals surface area (Å²) in [7, 11) is 0. The Morgan fingerprint density at radius 2 is 2.00 bits per heavy atom. The Hall–Kier alpha value is -3.95. The van der Waals surface area contributed by atoms with Gasteiger partial charge < -0.3 is 9.47 Å². The lowest BCUT2D eigenvalue weighted by Crippen LogP contribution is -2.35. The predicted octanol–water partition coefficient (Wildman–Crippen LogP) is 2.25. The number of carbonyl (C=O) groups is 2. The maximum atomic E-state index is 12.5. The van der Waals surface area contributed by atoms with Gasteiger partial charge in [-0.05, 0) is 41.8 Å². The van der Waals surface area contributed by atoms with Crippen LogP contribution in [0.3, 0.4) is 0 Å². The topological polar surface area (TPSA) is 103 Å². The molecule has 6 rings (SSSR count). The molecule has 31 heavy (non-hydrogen) atoms. The van der Waals surface area contributed by atoms with Gasteiger partial charge in [-0.1, -0.05) is 11.3 Å². The SMILES string of the molecule is O=C1OCCN1c1ccc(-c2ccc3c(c2)C[C@H]2C(Cn4ccnn4)OC(=O)N32)cn1. The maximum absolute atomic E-state index is 12.5. The second-order valence-electron chi connectivity index (χ2n) is 7.70. The van der Waals surface area contributed by atoms with E-state index < -0.39 is 0 Å². The highest BCUT2D eigenvalue weighted by Crippen LogP contribution is 2.41. The van der Waals surface area contributed by atoms with Gasteiger partial charge in [-0.15, -0.1) is 5.10 Å². The van der Waals surface area contributed by atoms with Gasteiger partial charge in [0, 0.05) is 18.0 Å². The van der Waals surface area contributed by atoms with Crippen LogP contribution in [0.2, 0.25) is 0 Å². The van der Waals surface area contributed by atoms with Crippen LogP contribution >= 0.6 is 0 Å². The van der Waals surface area contributed by atoms with Crippen LogP contribution in [0.1, 0.15) is 5.56 Å². The number of hydrogen-bond acceptors (Lipinski definition) is 7. The van der Waals surface area contributed by atoms with Gasteiger partial charge in [-0.3, -0.25) is 9.80 Å². The van der Waals surface area contributed by atoms with Crippen molar-refractivity contribution >= 4 is 23.7 Å². The predicted molar refractivity (Wildman–Crippen MR) is 109 cm³/mol. The molecular weight excluding hydrogens is 400 g/mol. The Balaban J connectivity index is 1.25. The highest BCUT2D eigenvalue weighted by atomic mass is 16.6. The van der Waals surface area contributed by atoms with Crippen molar-refractivity contribution in [1.82, 2.24) is 20.0 Å². The first-order chi connectivity index (χ1) is 15.2. The molecule has 2 fully saturated rings. The highest BCUT2D eigenvalue weighted by Gasteiger charge is 2.47. The van der Waals surface area contributed by atoms with Crippen LogP contribution in [0.4, 0.5) is 21.1 Å². The quantitative estimate of drug-likeness (QED) is 0.640. The Bertz CT molecular complexity index is 1160. The molecule has 2 atom stereocenters. The number of carbonyl (C=O) groups excluding carboxylic acids is 2. The fourth-order valence-corrected chi connectivity index (χ4v) is 4.45. The van der Waals surface area contributed by atoms with Crippen LogP contribution < -0.4 is 9.80 Å². The minimum atomic E-state index is -0.370. The van der Waals surface area contributed by atoms with Gasteiger partial charge in [0.05, 0.1) is 31.0 Å². The lowest BCUT2D eigenvalue weighted by atomic mass is 10.0. The third kappa shape index (κ3) is 2.90. The van der Waals surface area contributed by atoms with Crippen molar-refractivity contribution in [3.8, 4) is 11.1 Å². The number of cyclic esters (lactones) is 2. The van der Waals surface area contributed by atoms with Crippen molar-refractivity contribution in [2.75, 3.05) is 23.0 Å². The molecule has 2 aromatic heterocycles. The zero-order valence-corrected chi connectivity index (χ0v) is 16.4. The van der Waals surface area contributed by atoms with Crippen LogP contribution in [0.5, 0.6) is 0 Å². The summed E-state index contributed by atoms with van der Waals surface area (Å²) in [5.41, 5.74) is 3.91. The number of ether oxygens (including phenoxy) is 2. The van der Waals surface area contributed by atoms with Gasteiger partial charge in [0.15, 0.2) is 0 Å². The highest BCUT2D eigenvalue weighted by molar-refractivity contribution is 5.94. The van der Waals surface area contributed by atoms with Gasteiger partial charge in [0.25, 0.3) is 0 Å². The summed E-state index contributed by atoms with van der Waals surface area (Å²) in [6, 6.07) is 9.71. The van der Waals surface area contributed by atoms with Crippen molar-refractivity contribution in [1.29, 1.82) is 0 Å². The van der Waals surface area contributed by atoms with E-state index in [-0.39, 0.29) is 24.3 Å². The summed E-state index contributed by atoms with van der Waals surface area (Å²) in [5, 5.41) is 7.79. The first-order valence-corrected chi connectivity index (χ1v) is 10.0. The molecule has 0 N–H and O–H groups in total. The number of amides is 2. The molecule has 0 spiro atoms. The molecule has 3 aliphatic heterocycles. The smallest absolute Gasteiger partial charge is 0.415 e. The van der Waals surface area contributed by atoms with Crippen LogP contribution in [-0.4, -0.2) is 57.5 Å². The van der Waals surface area contributed by atoms with Crippen molar-refractivity contribution in [3.63, 3.8) is 0 Å². The van der Waals surface area contributed by atoms with Gasteiger partial charge in [0.1, 0.15) is 18.5 Å². The second-order valence-corrected chi connectivity index (χ2v) is 7.70. The molecular formula is C21H18N6O4. The standard InChI is InChI=1S/C21H18N6O4/c28-20-26(7-8-30-20)19-4-2-14(11-22-19)13-1-3-16-15(9-13)10-17-18(31-21(29)27(16)17)12-25-6-5-23-24-25/h1-6,9,11,17-18H,7-8,10,12H2/t17-,18?/m0/s1. The van der Waals surface area contributed by atoms with Crippen molar-refractivity contribution < 1.29 is 19.1 Å². The van der Waals surface area contributed by atoms with Crippen LogP contribution in [0.15, 0.2) is 48.9 Å². The molecule has 0 aliphatic carbocycles. The normalized spacial score (nSPS) is 21.8. The summed E-state index contributed by atoms with van der Waals surface area (Å²) in [4.78, 5) is 31.9. The van der Waals surface area contributed by atoms with Gasteiger partial charge >= 0.3 is 12.2 Å². The largest absolute Gasteiger partial charge is 0.447 e. The molecule has 156 valence electrons. The number of fused-ring (bicyclic) bond motifs is 3. The van der Waals surface area contributed by atoms with E-state index in [0.717, 1.165) is 22.4 Å². The maximum Gasteiger partial charge on any atom is 0.415 e. The number of benzene rings is 1. The number of pyridine rings is 1. The van der Waals surface area contributed by atoms with E-state index in [1.807, 2.05) is 24.3 Å². The number of aromatic nitrogens is 4. The van der Waals surface area contributed by atoms with Gasteiger partial charge in [0.2, 0.25) is 0 Å². The molecule has 2 saturated heterocycles. The summed E-state index contributed by atoms with van der Waals surface area (Å²) in [5.74, 6) is 0.576. The molecule has 1 unspecified atom stereocenters. The van der Waals surface area contributed by atoms with Gasteiger partial charge in [-0.25, -0.2) is 19.3 Å².